The lowest BCUT2D eigenvalue weighted by Gasteiger charge is -2.16. The van der Waals surface area contributed by atoms with E-state index in [-0.39, 0.29) is 18.1 Å². The first kappa shape index (κ1) is 18.6. The van der Waals surface area contributed by atoms with Gasteiger partial charge >= 0.3 is 0 Å². The van der Waals surface area contributed by atoms with Crippen molar-refractivity contribution in [2.45, 2.75) is 11.5 Å². The SMILES string of the molecule is CSCc1c(O)ccc(N)c1Nc1ccc(O)c(CSCCO)c1. The van der Waals surface area contributed by atoms with Crippen LogP contribution >= 0.6 is 23.5 Å². The monoisotopic (exact) mass is 366 g/mol. The van der Waals surface area contributed by atoms with Gasteiger partial charge < -0.3 is 26.4 Å². The molecule has 5 nitrogen and oxygen atoms in total. The van der Waals surface area contributed by atoms with Crippen LogP contribution in [0.5, 0.6) is 11.5 Å². The Labute approximate surface area is 150 Å². The molecule has 0 aliphatic heterocycles. The molecular formula is C17H22N2O3S2. The van der Waals surface area contributed by atoms with Gasteiger partial charge in [-0.1, -0.05) is 0 Å². The van der Waals surface area contributed by atoms with Crippen LogP contribution in [0.15, 0.2) is 30.3 Å². The zero-order chi connectivity index (χ0) is 17.5. The van der Waals surface area contributed by atoms with Gasteiger partial charge in [0.1, 0.15) is 11.5 Å². The molecule has 7 heteroatoms. The highest BCUT2D eigenvalue weighted by atomic mass is 32.2. The summed E-state index contributed by atoms with van der Waals surface area (Å²) in [5, 5.41) is 32.2. The number of hydrogen-bond acceptors (Lipinski definition) is 7. The summed E-state index contributed by atoms with van der Waals surface area (Å²) in [5.74, 6) is 2.29. The number of nitrogen functional groups attached to an aromatic ring is 1. The van der Waals surface area contributed by atoms with Crippen molar-refractivity contribution in [3.63, 3.8) is 0 Å². The molecule has 0 heterocycles. The molecule has 0 aliphatic carbocycles. The van der Waals surface area contributed by atoms with Crippen molar-refractivity contribution in [2.24, 2.45) is 0 Å². The second-order valence-electron chi connectivity index (χ2n) is 5.21. The minimum Gasteiger partial charge on any atom is -0.508 e. The molecule has 0 atom stereocenters. The van der Waals surface area contributed by atoms with Gasteiger partial charge in [-0.15, -0.1) is 0 Å². The quantitative estimate of drug-likeness (QED) is 0.277. The molecule has 0 spiro atoms. The third-order valence-corrected chi connectivity index (χ3v) is 5.01. The highest BCUT2D eigenvalue weighted by Crippen LogP contribution is 2.36. The molecular weight excluding hydrogens is 344 g/mol. The van der Waals surface area contributed by atoms with Crippen molar-refractivity contribution < 1.29 is 15.3 Å². The van der Waals surface area contributed by atoms with Gasteiger partial charge in [-0.05, 0) is 36.6 Å². The van der Waals surface area contributed by atoms with E-state index in [0.29, 0.717) is 28.6 Å². The van der Waals surface area contributed by atoms with Gasteiger partial charge in [0, 0.05) is 34.1 Å². The number of hydrogen-bond donors (Lipinski definition) is 5. The van der Waals surface area contributed by atoms with Crippen LogP contribution in [-0.4, -0.2) is 33.9 Å². The first-order valence-corrected chi connectivity index (χ1v) is 9.98. The van der Waals surface area contributed by atoms with Crippen LogP contribution in [-0.2, 0) is 11.5 Å². The molecule has 0 radical (unpaired) electrons. The van der Waals surface area contributed by atoms with Crippen LogP contribution in [0.3, 0.4) is 0 Å². The lowest BCUT2D eigenvalue weighted by atomic mass is 10.1. The average Bonchev–Trinajstić information content (AvgIpc) is 2.57. The smallest absolute Gasteiger partial charge is 0.121 e. The Morgan fingerprint density at radius 1 is 1.08 bits per heavy atom. The van der Waals surface area contributed by atoms with Gasteiger partial charge in [0.2, 0.25) is 0 Å². The summed E-state index contributed by atoms with van der Waals surface area (Å²) in [5.41, 5.74) is 9.63. The van der Waals surface area contributed by atoms with Crippen LogP contribution in [0.4, 0.5) is 17.1 Å². The lowest BCUT2D eigenvalue weighted by Crippen LogP contribution is -2.01. The standard InChI is InChI=1S/C17H22N2O3S2/c1-23-10-13-16(22)5-3-14(18)17(13)19-12-2-4-15(21)11(8-12)9-24-7-6-20/h2-5,8,19-22H,6-7,9-10,18H2,1H3. The van der Waals surface area contributed by atoms with E-state index < -0.39 is 0 Å². The molecule has 0 unspecified atom stereocenters. The number of anilines is 3. The van der Waals surface area contributed by atoms with E-state index in [2.05, 4.69) is 5.32 Å². The molecule has 2 aromatic carbocycles. The van der Waals surface area contributed by atoms with Crippen LogP contribution in [0, 0.1) is 0 Å². The van der Waals surface area contributed by atoms with Gasteiger partial charge in [0.25, 0.3) is 0 Å². The second-order valence-corrected chi connectivity index (χ2v) is 7.18. The summed E-state index contributed by atoms with van der Waals surface area (Å²) < 4.78 is 0. The fraction of sp³-hybridized carbons (Fsp3) is 0.294. The van der Waals surface area contributed by atoms with E-state index in [1.165, 1.54) is 0 Å². The first-order valence-electron chi connectivity index (χ1n) is 7.43. The van der Waals surface area contributed by atoms with Gasteiger partial charge in [-0.2, -0.15) is 23.5 Å². The fourth-order valence-corrected chi connectivity index (χ4v) is 3.57. The molecule has 6 N–H and O–H groups in total. The fourth-order valence-electron chi connectivity index (χ4n) is 2.26. The Hall–Kier alpha value is -1.70. The molecule has 0 fully saturated rings. The number of nitrogens with two attached hydrogens (primary N) is 1. The van der Waals surface area contributed by atoms with Crippen molar-refractivity contribution >= 4 is 40.6 Å². The number of aromatic hydroxyl groups is 2. The predicted molar refractivity (Wildman–Crippen MR) is 104 cm³/mol. The van der Waals surface area contributed by atoms with Crippen molar-refractivity contribution in [3.8, 4) is 11.5 Å². The third kappa shape index (κ3) is 4.66. The average molecular weight is 367 g/mol. The van der Waals surface area contributed by atoms with E-state index in [0.717, 1.165) is 16.8 Å². The van der Waals surface area contributed by atoms with Crippen LogP contribution in [0.1, 0.15) is 11.1 Å². The molecule has 130 valence electrons. The zero-order valence-corrected chi connectivity index (χ0v) is 15.1. The number of phenols is 2. The molecule has 2 aromatic rings. The first-order chi connectivity index (χ1) is 11.6. The predicted octanol–water partition coefficient (Wildman–Crippen LogP) is 3.51. The van der Waals surface area contributed by atoms with Crippen LogP contribution in [0.25, 0.3) is 0 Å². The molecule has 2 rings (SSSR count). The van der Waals surface area contributed by atoms with Gasteiger partial charge in [-0.3, -0.25) is 0 Å². The van der Waals surface area contributed by atoms with Gasteiger partial charge in [0.05, 0.1) is 18.0 Å². The molecule has 0 amide bonds. The highest BCUT2D eigenvalue weighted by Gasteiger charge is 2.12. The Balaban J connectivity index is 2.28. The van der Waals surface area contributed by atoms with E-state index in [4.69, 9.17) is 10.8 Å². The number of benzene rings is 2. The summed E-state index contributed by atoms with van der Waals surface area (Å²) in [4.78, 5) is 0. The molecule has 24 heavy (non-hydrogen) atoms. The Morgan fingerprint density at radius 3 is 2.54 bits per heavy atom. The summed E-state index contributed by atoms with van der Waals surface area (Å²) >= 11 is 3.15. The van der Waals surface area contributed by atoms with Gasteiger partial charge in [0.15, 0.2) is 0 Å². The maximum atomic E-state index is 10.1. The molecule has 0 saturated heterocycles. The number of nitrogens with one attached hydrogen (secondary N) is 1. The number of rotatable bonds is 8. The molecule has 0 bridgehead atoms. The molecule has 0 saturated carbocycles. The second kappa shape index (κ2) is 8.96. The van der Waals surface area contributed by atoms with Crippen LogP contribution < -0.4 is 11.1 Å². The van der Waals surface area contributed by atoms with Crippen molar-refractivity contribution in [1.82, 2.24) is 0 Å². The maximum absolute atomic E-state index is 10.1. The Morgan fingerprint density at radius 2 is 1.83 bits per heavy atom. The zero-order valence-electron chi connectivity index (χ0n) is 13.5. The molecule has 0 aliphatic rings. The van der Waals surface area contributed by atoms with E-state index in [1.54, 1.807) is 47.8 Å². The number of aliphatic hydroxyl groups is 1. The topological polar surface area (TPSA) is 98.7 Å². The largest absolute Gasteiger partial charge is 0.508 e. The van der Waals surface area contributed by atoms with Crippen molar-refractivity contribution in [2.75, 3.05) is 29.7 Å². The van der Waals surface area contributed by atoms with Crippen molar-refractivity contribution in [1.29, 1.82) is 0 Å². The minimum absolute atomic E-state index is 0.112. The van der Waals surface area contributed by atoms with Crippen LogP contribution in [0.2, 0.25) is 0 Å². The maximum Gasteiger partial charge on any atom is 0.121 e. The highest BCUT2D eigenvalue weighted by molar-refractivity contribution is 7.98. The summed E-state index contributed by atoms with van der Waals surface area (Å²) in [6.07, 6.45) is 1.96. The normalized spacial score (nSPS) is 10.8. The van der Waals surface area contributed by atoms with E-state index in [1.807, 2.05) is 12.3 Å². The lowest BCUT2D eigenvalue weighted by molar-refractivity contribution is 0.322. The number of aliphatic hydroxyl groups excluding tert-OH is 1. The number of thioether (sulfide) groups is 2. The number of phenolic OH excluding ortho intramolecular Hbond substituents is 2. The Bertz CT molecular complexity index is 696. The van der Waals surface area contributed by atoms with Gasteiger partial charge in [-0.25, -0.2) is 0 Å². The third-order valence-electron chi connectivity index (χ3n) is 3.45. The molecule has 0 aromatic heterocycles. The minimum atomic E-state index is 0.112. The summed E-state index contributed by atoms with van der Waals surface area (Å²) in [7, 11) is 0. The Kier molecular flexibility index (Phi) is 6.96. The van der Waals surface area contributed by atoms with E-state index in [9.17, 15) is 10.2 Å². The summed E-state index contributed by atoms with van der Waals surface area (Å²) in [6.45, 7) is 0.112. The van der Waals surface area contributed by atoms with Crippen molar-refractivity contribution in [3.05, 3.63) is 41.5 Å². The summed E-state index contributed by atoms with van der Waals surface area (Å²) in [6, 6.07) is 8.51. The van der Waals surface area contributed by atoms with E-state index >= 15 is 0 Å².